The molecule has 116 valence electrons. The van der Waals surface area contributed by atoms with Gasteiger partial charge < -0.3 is 10.6 Å². The highest BCUT2D eigenvalue weighted by Gasteiger charge is 2.29. The molecule has 1 aliphatic rings. The first kappa shape index (κ1) is 21.3. The van der Waals surface area contributed by atoms with E-state index in [9.17, 15) is 4.79 Å². The molecule has 2 N–H and O–H groups in total. The van der Waals surface area contributed by atoms with Crippen molar-refractivity contribution in [2.24, 2.45) is 11.7 Å². The third kappa shape index (κ3) is 6.30. The van der Waals surface area contributed by atoms with E-state index in [-0.39, 0.29) is 36.8 Å². The topological polar surface area (TPSA) is 49.6 Å². The molecule has 0 radical (unpaired) electrons. The van der Waals surface area contributed by atoms with Gasteiger partial charge in [-0.15, -0.1) is 24.8 Å². The van der Waals surface area contributed by atoms with Gasteiger partial charge in [0.1, 0.15) is 0 Å². The van der Waals surface area contributed by atoms with Gasteiger partial charge in [-0.2, -0.15) is 0 Å². The molecule has 1 amide bonds. The number of carbonyl (C=O) groups excluding carboxylic acids is 1. The lowest BCUT2D eigenvalue weighted by Crippen LogP contribution is -2.52. The van der Waals surface area contributed by atoms with Crippen molar-refractivity contribution >= 4 is 30.7 Å². The Morgan fingerprint density at radius 2 is 1.89 bits per heavy atom. The zero-order valence-electron chi connectivity index (χ0n) is 12.3. The fourth-order valence-electron chi connectivity index (χ4n) is 2.53. The van der Waals surface area contributed by atoms with Crippen molar-refractivity contribution in [2.75, 3.05) is 32.7 Å². The van der Waals surface area contributed by atoms with Gasteiger partial charge in [0.2, 0.25) is 5.91 Å². The number of nitrogens with zero attached hydrogens (tertiary/aromatic N) is 2. The number of likely N-dealkylation sites (N-methyl/N-ethyl adjacent to an activating group) is 1. The van der Waals surface area contributed by atoms with E-state index in [1.807, 2.05) is 4.90 Å². The molecule has 0 bridgehead atoms. The largest absolute Gasteiger partial charge is 0.337 e. The Morgan fingerprint density at radius 3 is 2.37 bits per heavy atom. The lowest BCUT2D eigenvalue weighted by Gasteiger charge is -2.38. The number of halogens is 2. The van der Waals surface area contributed by atoms with E-state index < -0.39 is 0 Å². The zero-order chi connectivity index (χ0) is 12.8. The molecule has 1 rings (SSSR count). The normalized spacial score (nSPS) is 22.7. The lowest BCUT2D eigenvalue weighted by molar-refractivity contribution is -0.136. The number of piperidine rings is 1. The first-order valence-corrected chi connectivity index (χ1v) is 6.84. The molecule has 1 saturated heterocycles. The fraction of sp³-hybridized carbons (Fsp3) is 0.923. The molecule has 6 heteroatoms. The van der Waals surface area contributed by atoms with Crippen molar-refractivity contribution in [2.45, 2.75) is 39.7 Å². The number of likely N-dealkylation sites (tertiary alicyclic amines) is 1. The first-order valence-electron chi connectivity index (χ1n) is 6.84. The molecule has 4 nitrogen and oxygen atoms in total. The molecule has 0 saturated carbocycles. The van der Waals surface area contributed by atoms with E-state index in [1.165, 1.54) is 0 Å². The maximum absolute atomic E-state index is 12.2. The van der Waals surface area contributed by atoms with Crippen LogP contribution in [0.1, 0.15) is 33.6 Å². The molecule has 0 spiro atoms. The second-order valence-corrected chi connectivity index (χ2v) is 5.07. The average Bonchev–Trinajstić information content (AvgIpc) is 2.35. The summed E-state index contributed by atoms with van der Waals surface area (Å²) in [7, 11) is 0. The highest BCUT2D eigenvalue weighted by atomic mass is 35.5. The van der Waals surface area contributed by atoms with Crippen molar-refractivity contribution in [3.05, 3.63) is 0 Å². The summed E-state index contributed by atoms with van der Waals surface area (Å²) in [5.41, 5.74) is 5.78. The van der Waals surface area contributed by atoms with Crippen LogP contribution in [0, 0.1) is 5.92 Å². The quantitative estimate of drug-likeness (QED) is 0.841. The van der Waals surface area contributed by atoms with Gasteiger partial charge in [-0.3, -0.25) is 9.69 Å². The second-order valence-electron chi connectivity index (χ2n) is 5.07. The Morgan fingerprint density at radius 1 is 1.32 bits per heavy atom. The molecule has 0 aliphatic carbocycles. The molecule has 1 heterocycles. The molecular formula is C13H29Cl2N3O. The Kier molecular flexibility index (Phi) is 12.0. The molecular weight excluding hydrogens is 285 g/mol. The van der Waals surface area contributed by atoms with E-state index in [0.717, 1.165) is 32.5 Å². The summed E-state index contributed by atoms with van der Waals surface area (Å²) in [6.45, 7) is 10.3. The van der Waals surface area contributed by atoms with Gasteiger partial charge in [0, 0.05) is 19.1 Å². The number of rotatable bonds is 5. The van der Waals surface area contributed by atoms with Gasteiger partial charge in [0.25, 0.3) is 0 Å². The summed E-state index contributed by atoms with van der Waals surface area (Å²) in [6, 6.07) is 0.252. The van der Waals surface area contributed by atoms with Gasteiger partial charge in [-0.1, -0.05) is 20.8 Å². The van der Waals surface area contributed by atoms with E-state index >= 15 is 0 Å². The molecule has 2 unspecified atom stereocenters. The summed E-state index contributed by atoms with van der Waals surface area (Å²) in [6.07, 6.45) is 2.17. The van der Waals surface area contributed by atoms with Gasteiger partial charge in [-0.05, 0) is 31.8 Å². The summed E-state index contributed by atoms with van der Waals surface area (Å²) in [5.74, 6) is 0.942. The van der Waals surface area contributed by atoms with E-state index in [4.69, 9.17) is 5.73 Å². The molecule has 19 heavy (non-hydrogen) atoms. The van der Waals surface area contributed by atoms with Crippen molar-refractivity contribution in [1.82, 2.24) is 9.80 Å². The predicted molar refractivity (Wildman–Crippen MR) is 85.2 cm³/mol. The van der Waals surface area contributed by atoms with Crippen molar-refractivity contribution in [1.29, 1.82) is 0 Å². The summed E-state index contributed by atoms with van der Waals surface area (Å²) >= 11 is 0. The SMILES string of the molecule is CCN(CC)CC(=O)N1CCC(C)CC1CN.Cl.Cl. The van der Waals surface area contributed by atoms with Crippen LogP contribution in [0.4, 0.5) is 0 Å². The van der Waals surface area contributed by atoms with Crippen LogP contribution >= 0.6 is 24.8 Å². The molecule has 0 aromatic heterocycles. The van der Waals surface area contributed by atoms with E-state index in [0.29, 0.717) is 19.0 Å². The number of nitrogens with two attached hydrogens (primary N) is 1. The maximum Gasteiger partial charge on any atom is 0.237 e. The minimum atomic E-state index is 0. The monoisotopic (exact) mass is 313 g/mol. The van der Waals surface area contributed by atoms with Crippen LogP contribution in [0.3, 0.4) is 0 Å². The average molecular weight is 314 g/mol. The third-order valence-electron chi connectivity index (χ3n) is 3.82. The van der Waals surface area contributed by atoms with Gasteiger partial charge in [-0.25, -0.2) is 0 Å². The van der Waals surface area contributed by atoms with Crippen LogP contribution in [0.15, 0.2) is 0 Å². The minimum Gasteiger partial charge on any atom is -0.337 e. The van der Waals surface area contributed by atoms with Crippen LogP contribution in [-0.2, 0) is 4.79 Å². The van der Waals surface area contributed by atoms with Crippen LogP contribution in [-0.4, -0.2) is 54.5 Å². The number of hydrogen-bond acceptors (Lipinski definition) is 3. The van der Waals surface area contributed by atoms with Crippen LogP contribution < -0.4 is 5.73 Å². The second kappa shape index (κ2) is 10.7. The lowest BCUT2D eigenvalue weighted by atomic mass is 9.92. The van der Waals surface area contributed by atoms with Gasteiger partial charge in [0.15, 0.2) is 0 Å². The van der Waals surface area contributed by atoms with Crippen molar-refractivity contribution in [3.8, 4) is 0 Å². The first-order chi connectivity index (χ1) is 8.12. The smallest absolute Gasteiger partial charge is 0.237 e. The predicted octanol–water partition coefficient (Wildman–Crippen LogP) is 1.76. The van der Waals surface area contributed by atoms with Crippen LogP contribution in [0.5, 0.6) is 0 Å². The van der Waals surface area contributed by atoms with Gasteiger partial charge in [0.05, 0.1) is 6.54 Å². The molecule has 1 aliphatic heterocycles. The summed E-state index contributed by atoms with van der Waals surface area (Å²) in [5, 5.41) is 0. The van der Waals surface area contributed by atoms with Crippen molar-refractivity contribution in [3.63, 3.8) is 0 Å². The molecule has 0 aromatic rings. The van der Waals surface area contributed by atoms with E-state index in [2.05, 4.69) is 25.7 Å². The van der Waals surface area contributed by atoms with Crippen molar-refractivity contribution < 1.29 is 4.79 Å². The third-order valence-corrected chi connectivity index (χ3v) is 3.82. The summed E-state index contributed by atoms with van der Waals surface area (Å²) in [4.78, 5) is 16.4. The standard InChI is InChI=1S/C13H27N3O.2ClH/c1-4-15(5-2)10-13(17)16-7-6-11(3)8-12(16)9-14;;/h11-12H,4-10,14H2,1-3H3;2*1H. The minimum absolute atomic E-state index is 0. The number of amides is 1. The van der Waals surface area contributed by atoms with Crippen LogP contribution in [0.2, 0.25) is 0 Å². The molecule has 2 atom stereocenters. The highest BCUT2D eigenvalue weighted by Crippen LogP contribution is 2.22. The zero-order valence-corrected chi connectivity index (χ0v) is 13.9. The van der Waals surface area contributed by atoms with Crippen LogP contribution in [0.25, 0.3) is 0 Å². The van der Waals surface area contributed by atoms with Gasteiger partial charge >= 0.3 is 0 Å². The molecule has 0 aromatic carbocycles. The Bertz CT molecular complexity index is 250. The highest BCUT2D eigenvalue weighted by molar-refractivity contribution is 5.85. The Labute approximate surface area is 129 Å². The number of hydrogen-bond donors (Lipinski definition) is 1. The Hall–Kier alpha value is -0.0300. The van der Waals surface area contributed by atoms with E-state index in [1.54, 1.807) is 0 Å². The maximum atomic E-state index is 12.2. The summed E-state index contributed by atoms with van der Waals surface area (Å²) < 4.78 is 0. The Balaban J connectivity index is 0. The molecule has 1 fully saturated rings. The number of carbonyl (C=O) groups is 1. The fourth-order valence-corrected chi connectivity index (χ4v) is 2.53.